The maximum absolute atomic E-state index is 12.4. The molecule has 1 rings (SSSR count). The van der Waals surface area contributed by atoms with E-state index >= 15 is 0 Å². The Kier molecular flexibility index (Phi) is 7.53. The van der Waals surface area contributed by atoms with Crippen molar-refractivity contribution in [3.05, 3.63) is 0 Å². The maximum Gasteiger partial charge on any atom is 0.410 e. The van der Waals surface area contributed by atoms with E-state index in [1.165, 1.54) is 24.3 Å². The molecule has 130 valence electrons. The van der Waals surface area contributed by atoms with Crippen molar-refractivity contribution < 1.29 is 9.53 Å². The summed E-state index contributed by atoms with van der Waals surface area (Å²) < 4.78 is 5.53. The fraction of sp³-hybridized carbons (Fsp3) is 0.941. The Labute approximate surface area is 140 Å². The van der Waals surface area contributed by atoms with Gasteiger partial charge in [0, 0.05) is 18.6 Å². The van der Waals surface area contributed by atoms with Crippen LogP contribution in [-0.4, -0.2) is 53.3 Å². The van der Waals surface area contributed by atoms with Crippen LogP contribution in [0, 0.1) is 5.92 Å². The molecule has 0 aromatic rings. The van der Waals surface area contributed by atoms with E-state index < -0.39 is 5.60 Å². The SMILES string of the molecule is CC(C)(C)OC(=O)N(CCNCC1CCSCC1)C(C)(C)C. The molecule has 1 aliphatic rings. The zero-order chi connectivity index (χ0) is 16.8. The number of hydrogen-bond acceptors (Lipinski definition) is 4. The highest BCUT2D eigenvalue weighted by atomic mass is 32.2. The van der Waals surface area contributed by atoms with Gasteiger partial charge in [0.25, 0.3) is 0 Å². The molecular formula is C17H34N2O2S. The molecule has 0 unspecified atom stereocenters. The van der Waals surface area contributed by atoms with Crippen molar-refractivity contribution in [1.82, 2.24) is 10.2 Å². The summed E-state index contributed by atoms with van der Waals surface area (Å²) in [6.07, 6.45) is 2.40. The van der Waals surface area contributed by atoms with Gasteiger partial charge in [-0.15, -0.1) is 0 Å². The highest BCUT2D eigenvalue weighted by Gasteiger charge is 2.30. The zero-order valence-corrected chi connectivity index (χ0v) is 16.0. The van der Waals surface area contributed by atoms with Crippen LogP contribution in [-0.2, 0) is 4.74 Å². The first-order chi connectivity index (χ1) is 10.1. The number of carbonyl (C=O) groups is 1. The summed E-state index contributed by atoms with van der Waals surface area (Å²) in [5, 5.41) is 3.52. The van der Waals surface area contributed by atoms with E-state index in [0.29, 0.717) is 6.54 Å². The van der Waals surface area contributed by atoms with Gasteiger partial charge in [-0.05, 0) is 78.4 Å². The van der Waals surface area contributed by atoms with Crippen molar-refractivity contribution in [2.24, 2.45) is 5.92 Å². The Bertz CT molecular complexity index is 342. The van der Waals surface area contributed by atoms with Gasteiger partial charge in [-0.3, -0.25) is 0 Å². The Morgan fingerprint density at radius 2 is 1.77 bits per heavy atom. The molecule has 0 aliphatic carbocycles. The van der Waals surface area contributed by atoms with Gasteiger partial charge in [0.2, 0.25) is 0 Å². The fourth-order valence-electron chi connectivity index (χ4n) is 2.47. The summed E-state index contributed by atoms with van der Waals surface area (Å²) in [6.45, 7) is 14.4. The summed E-state index contributed by atoms with van der Waals surface area (Å²) in [5.74, 6) is 3.38. The first-order valence-electron chi connectivity index (χ1n) is 8.39. The van der Waals surface area contributed by atoms with Gasteiger partial charge in [0.15, 0.2) is 0 Å². The average Bonchev–Trinajstić information content (AvgIpc) is 2.36. The molecule has 0 saturated carbocycles. The summed E-state index contributed by atoms with van der Waals surface area (Å²) in [6, 6.07) is 0. The Morgan fingerprint density at radius 1 is 1.18 bits per heavy atom. The molecule has 0 spiro atoms. The summed E-state index contributed by atoms with van der Waals surface area (Å²) >= 11 is 2.06. The quantitative estimate of drug-likeness (QED) is 0.780. The van der Waals surface area contributed by atoms with Gasteiger partial charge in [0.1, 0.15) is 5.60 Å². The third-order valence-electron chi connectivity index (χ3n) is 3.71. The van der Waals surface area contributed by atoms with Crippen molar-refractivity contribution in [3.8, 4) is 0 Å². The van der Waals surface area contributed by atoms with Crippen LogP contribution in [0.15, 0.2) is 0 Å². The summed E-state index contributed by atoms with van der Waals surface area (Å²) in [5.41, 5.74) is -0.681. The van der Waals surface area contributed by atoms with Crippen molar-refractivity contribution >= 4 is 17.9 Å². The minimum Gasteiger partial charge on any atom is -0.444 e. The molecule has 4 nitrogen and oxygen atoms in total. The number of thioether (sulfide) groups is 1. The molecule has 0 radical (unpaired) electrons. The standard InChI is InChI=1S/C17H34N2O2S/c1-16(2,3)19(15(20)21-17(4,5)6)10-9-18-13-14-7-11-22-12-8-14/h14,18H,7-13H2,1-6H3. The van der Waals surface area contributed by atoms with Crippen LogP contribution >= 0.6 is 11.8 Å². The van der Waals surface area contributed by atoms with E-state index in [2.05, 4.69) is 37.8 Å². The zero-order valence-electron chi connectivity index (χ0n) is 15.2. The molecule has 5 heteroatoms. The molecule has 1 heterocycles. The van der Waals surface area contributed by atoms with Crippen LogP contribution in [0.2, 0.25) is 0 Å². The lowest BCUT2D eigenvalue weighted by Crippen LogP contribution is -2.50. The van der Waals surface area contributed by atoms with Crippen molar-refractivity contribution in [2.75, 3.05) is 31.1 Å². The molecule has 0 aromatic carbocycles. The van der Waals surface area contributed by atoms with E-state index in [9.17, 15) is 4.79 Å². The van der Waals surface area contributed by atoms with Crippen LogP contribution in [0.5, 0.6) is 0 Å². The topological polar surface area (TPSA) is 41.6 Å². The smallest absolute Gasteiger partial charge is 0.410 e. The number of ether oxygens (including phenoxy) is 1. The first kappa shape index (κ1) is 19.6. The van der Waals surface area contributed by atoms with Crippen LogP contribution in [0.4, 0.5) is 4.79 Å². The van der Waals surface area contributed by atoms with Crippen molar-refractivity contribution in [2.45, 2.75) is 65.5 Å². The van der Waals surface area contributed by atoms with E-state index in [1.807, 2.05) is 25.7 Å². The third kappa shape index (κ3) is 7.73. The minimum absolute atomic E-state index is 0.226. The monoisotopic (exact) mass is 330 g/mol. The van der Waals surface area contributed by atoms with E-state index in [-0.39, 0.29) is 11.6 Å². The lowest BCUT2D eigenvalue weighted by molar-refractivity contribution is 0.00660. The van der Waals surface area contributed by atoms with Gasteiger partial charge in [-0.2, -0.15) is 11.8 Å². The number of nitrogens with zero attached hydrogens (tertiary/aromatic N) is 1. The molecule has 1 fully saturated rings. The van der Waals surface area contributed by atoms with Gasteiger partial charge < -0.3 is 15.0 Å². The minimum atomic E-state index is -0.451. The predicted molar refractivity (Wildman–Crippen MR) is 95.6 cm³/mol. The Morgan fingerprint density at radius 3 is 2.27 bits per heavy atom. The van der Waals surface area contributed by atoms with Gasteiger partial charge >= 0.3 is 6.09 Å². The number of carbonyl (C=O) groups excluding carboxylic acids is 1. The normalized spacial score (nSPS) is 17.4. The molecule has 22 heavy (non-hydrogen) atoms. The molecular weight excluding hydrogens is 296 g/mol. The molecule has 1 amide bonds. The second kappa shape index (κ2) is 8.44. The van der Waals surface area contributed by atoms with Crippen LogP contribution in [0.3, 0.4) is 0 Å². The highest BCUT2D eigenvalue weighted by Crippen LogP contribution is 2.22. The summed E-state index contributed by atoms with van der Waals surface area (Å²) in [7, 11) is 0. The van der Waals surface area contributed by atoms with E-state index in [4.69, 9.17) is 4.74 Å². The number of rotatable bonds is 5. The molecule has 0 aromatic heterocycles. The maximum atomic E-state index is 12.4. The number of hydrogen-bond donors (Lipinski definition) is 1. The average molecular weight is 331 g/mol. The van der Waals surface area contributed by atoms with Crippen molar-refractivity contribution in [1.29, 1.82) is 0 Å². The molecule has 1 aliphatic heterocycles. The molecule has 0 bridgehead atoms. The summed E-state index contributed by atoms with van der Waals surface area (Å²) in [4.78, 5) is 14.2. The van der Waals surface area contributed by atoms with Crippen molar-refractivity contribution in [3.63, 3.8) is 0 Å². The third-order valence-corrected chi connectivity index (χ3v) is 4.76. The predicted octanol–water partition coefficient (Wildman–Crippen LogP) is 3.75. The van der Waals surface area contributed by atoms with Crippen LogP contribution in [0.1, 0.15) is 54.4 Å². The lowest BCUT2D eigenvalue weighted by atomic mass is 10.0. The highest BCUT2D eigenvalue weighted by molar-refractivity contribution is 7.99. The molecule has 1 saturated heterocycles. The number of nitrogens with one attached hydrogen (secondary N) is 1. The molecule has 0 atom stereocenters. The lowest BCUT2D eigenvalue weighted by Gasteiger charge is -2.37. The largest absolute Gasteiger partial charge is 0.444 e. The Hall–Kier alpha value is -0.420. The first-order valence-corrected chi connectivity index (χ1v) is 9.54. The second-order valence-corrected chi connectivity index (χ2v) is 9.29. The van der Waals surface area contributed by atoms with Crippen LogP contribution in [0.25, 0.3) is 0 Å². The van der Waals surface area contributed by atoms with E-state index in [0.717, 1.165) is 19.0 Å². The Balaban J connectivity index is 2.40. The van der Waals surface area contributed by atoms with Crippen LogP contribution < -0.4 is 5.32 Å². The molecule has 1 N–H and O–H groups in total. The van der Waals surface area contributed by atoms with E-state index in [1.54, 1.807) is 0 Å². The van der Waals surface area contributed by atoms with Gasteiger partial charge in [-0.1, -0.05) is 0 Å². The second-order valence-electron chi connectivity index (χ2n) is 8.06. The van der Waals surface area contributed by atoms with Gasteiger partial charge in [-0.25, -0.2) is 4.79 Å². The number of amides is 1. The fourth-order valence-corrected chi connectivity index (χ4v) is 3.67. The van der Waals surface area contributed by atoms with Gasteiger partial charge in [0.05, 0.1) is 0 Å².